The molecule has 3 aliphatic rings. The van der Waals surface area contributed by atoms with Crippen LogP contribution in [0.25, 0.3) is 42.4 Å². The van der Waals surface area contributed by atoms with Crippen molar-refractivity contribution in [3.63, 3.8) is 0 Å². The summed E-state index contributed by atoms with van der Waals surface area (Å²) in [6, 6.07) is 27.8. The predicted octanol–water partition coefficient (Wildman–Crippen LogP) is 9.20. The highest BCUT2D eigenvalue weighted by Gasteiger charge is 2.28. The van der Waals surface area contributed by atoms with Gasteiger partial charge in [0, 0.05) is 43.1 Å². The average Bonchev–Trinajstić information content (AvgIpc) is 3.76. The van der Waals surface area contributed by atoms with Crippen molar-refractivity contribution in [1.29, 1.82) is 0 Å². The summed E-state index contributed by atoms with van der Waals surface area (Å²) in [5, 5.41) is 2.76. The van der Waals surface area contributed by atoms with Crippen LogP contribution in [0.1, 0.15) is 32.0 Å². The van der Waals surface area contributed by atoms with Crippen LogP contribution in [0.5, 0.6) is 11.5 Å². The molecule has 0 saturated carbocycles. The van der Waals surface area contributed by atoms with Crippen molar-refractivity contribution in [2.75, 3.05) is 13.2 Å². The highest BCUT2D eigenvalue weighted by atomic mass is 32.1. The molecule has 0 fully saturated rings. The molecule has 0 spiro atoms. The van der Waals surface area contributed by atoms with Crippen LogP contribution in [0.4, 0.5) is 0 Å². The summed E-state index contributed by atoms with van der Waals surface area (Å²) in [7, 11) is 0. The van der Waals surface area contributed by atoms with Crippen LogP contribution in [-0.4, -0.2) is 13.2 Å². The lowest BCUT2D eigenvalue weighted by Gasteiger charge is -2.25. The molecule has 196 valence electrons. The van der Waals surface area contributed by atoms with E-state index in [0.717, 1.165) is 63.2 Å². The van der Waals surface area contributed by atoms with Crippen LogP contribution in [0.3, 0.4) is 0 Å². The normalized spacial score (nSPS) is 14.4. The molecule has 0 saturated heterocycles. The fourth-order valence-corrected chi connectivity index (χ4v) is 9.15. The minimum Gasteiger partial charge on any atom is -0.493 e. The van der Waals surface area contributed by atoms with E-state index in [1.807, 2.05) is 22.7 Å². The Kier molecular flexibility index (Phi) is 5.18. The van der Waals surface area contributed by atoms with Crippen LogP contribution in [0.15, 0.2) is 72.8 Å². The van der Waals surface area contributed by atoms with Crippen molar-refractivity contribution in [3.05, 3.63) is 105 Å². The lowest BCUT2D eigenvalue weighted by molar-refractivity contribution is 0.356. The van der Waals surface area contributed by atoms with Gasteiger partial charge in [0.25, 0.3) is 0 Å². The Morgan fingerprint density at radius 2 is 1.02 bits per heavy atom. The molecule has 2 nitrogen and oxygen atoms in total. The maximum atomic E-state index is 5.79. The molecule has 9 rings (SSSR count). The van der Waals surface area contributed by atoms with Crippen LogP contribution < -0.4 is 9.47 Å². The van der Waals surface area contributed by atoms with E-state index in [9.17, 15) is 0 Å². The van der Waals surface area contributed by atoms with E-state index in [1.165, 1.54) is 74.4 Å². The van der Waals surface area contributed by atoms with Gasteiger partial charge in [-0.25, -0.2) is 0 Å². The predicted molar refractivity (Wildman–Crippen MR) is 168 cm³/mol. The first-order valence-electron chi connectivity index (χ1n) is 14.4. The number of hydrogen-bond donors (Lipinski definition) is 0. The summed E-state index contributed by atoms with van der Waals surface area (Å²) in [6.45, 7) is 1.65. The highest BCUT2D eigenvalue weighted by molar-refractivity contribution is 7.20. The zero-order chi connectivity index (χ0) is 26.2. The molecule has 4 heteroatoms. The van der Waals surface area contributed by atoms with Crippen molar-refractivity contribution in [1.82, 2.24) is 0 Å². The van der Waals surface area contributed by atoms with E-state index in [4.69, 9.17) is 9.47 Å². The van der Waals surface area contributed by atoms with Crippen molar-refractivity contribution < 1.29 is 9.47 Å². The van der Waals surface area contributed by atoms with Crippen molar-refractivity contribution in [2.24, 2.45) is 0 Å². The lowest BCUT2D eigenvalue weighted by Crippen LogP contribution is -1.98. The summed E-state index contributed by atoms with van der Waals surface area (Å²) in [4.78, 5) is 2.93. The van der Waals surface area contributed by atoms with Gasteiger partial charge >= 0.3 is 0 Å². The first-order chi connectivity index (χ1) is 19.8. The van der Waals surface area contributed by atoms with Gasteiger partial charge in [0.15, 0.2) is 0 Å². The minimum absolute atomic E-state index is 0.825. The molecule has 2 aliphatic heterocycles. The molecule has 0 N–H and O–H groups in total. The van der Waals surface area contributed by atoms with Crippen LogP contribution in [0, 0.1) is 0 Å². The monoisotopic (exact) mass is 556 g/mol. The minimum atomic E-state index is 0.825. The zero-order valence-corrected chi connectivity index (χ0v) is 23.9. The Morgan fingerprint density at radius 3 is 1.52 bits per heavy atom. The van der Waals surface area contributed by atoms with Gasteiger partial charge in [0.05, 0.1) is 13.2 Å². The second-order valence-corrected chi connectivity index (χ2v) is 13.6. The molecule has 0 bridgehead atoms. The number of fused-ring (bicyclic) bond motifs is 10. The van der Waals surface area contributed by atoms with E-state index < -0.39 is 0 Å². The molecule has 6 aromatic rings. The summed E-state index contributed by atoms with van der Waals surface area (Å²) in [5.41, 5.74) is 11.2. The number of hydrogen-bond acceptors (Lipinski definition) is 4. The molecule has 2 aromatic heterocycles. The van der Waals surface area contributed by atoms with Gasteiger partial charge in [-0.05, 0) is 94.1 Å². The molecule has 4 heterocycles. The van der Waals surface area contributed by atoms with Gasteiger partial charge in [0.2, 0.25) is 0 Å². The van der Waals surface area contributed by atoms with Gasteiger partial charge in [0.1, 0.15) is 11.5 Å². The molecule has 0 amide bonds. The van der Waals surface area contributed by atoms with E-state index in [0.29, 0.717) is 0 Å². The zero-order valence-electron chi connectivity index (χ0n) is 22.2. The van der Waals surface area contributed by atoms with Gasteiger partial charge in [-0.2, -0.15) is 0 Å². The smallest absolute Gasteiger partial charge is 0.122 e. The third kappa shape index (κ3) is 3.66. The standard InChI is InChI=1S/C36H28O2S2/c1-5-23-13-15-37-31(23)17-21(1)3-9-27-19-25-7-11-29-33(35(25)39-27)30-12-8-26-20-28(40-36(26)34(29)30)10-4-22-2-6-24-14-16-38-32(24)18-22/h1-2,5-8,11-12,17-20H,3-4,9-10,13-16H2. The first-order valence-corrected chi connectivity index (χ1v) is 16.0. The molecule has 40 heavy (non-hydrogen) atoms. The fourth-order valence-electron chi connectivity index (χ4n) is 6.72. The SMILES string of the molecule is c1cc2c(cc1CCc1cc3ccc4c(c3s1)-c1ccc3cc(CCc5ccc6c(c5)OCC6)sc3c1-4)OCC2. The summed E-state index contributed by atoms with van der Waals surface area (Å²) in [6.07, 6.45) is 6.34. The molecule has 0 radical (unpaired) electrons. The van der Waals surface area contributed by atoms with Gasteiger partial charge in [-0.3, -0.25) is 0 Å². The second kappa shape index (κ2) is 8.95. The van der Waals surface area contributed by atoms with E-state index in [1.54, 1.807) is 0 Å². The molecule has 0 atom stereocenters. The topological polar surface area (TPSA) is 18.5 Å². The highest BCUT2D eigenvalue weighted by Crippen LogP contribution is 2.56. The van der Waals surface area contributed by atoms with Crippen LogP contribution >= 0.6 is 22.7 Å². The van der Waals surface area contributed by atoms with Crippen molar-refractivity contribution in [2.45, 2.75) is 38.5 Å². The maximum absolute atomic E-state index is 5.79. The second-order valence-electron chi connectivity index (χ2n) is 11.3. The Balaban J connectivity index is 0.970. The van der Waals surface area contributed by atoms with E-state index in [2.05, 4.69) is 72.8 Å². The molecule has 4 aromatic carbocycles. The maximum Gasteiger partial charge on any atom is 0.122 e. The third-order valence-electron chi connectivity index (χ3n) is 8.86. The molecular formula is C36H28O2S2. The summed E-state index contributed by atoms with van der Waals surface area (Å²) < 4.78 is 14.5. The largest absolute Gasteiger partial charge is 0.493 e. The third-order valence-corrected chi connectivity index (χ3v) is 11.3. The molecule has 1 aliphatic carbocycles. The lowest BCUT2D eigenvalue weighted by atomic mass is 9.79. The van der Waals surface area contributed by atoms with E-state index in [-0.39, 0.29) is 0 Å². The Morgan fingerprint density at radius 1 is 0.525 bits per heavy atom. The number of aryl methyl sites for hydroxylation is 4. The molecular weight excluding hydrogens is 529 g/mol. The number of ether oxygens (including phenoxy) is 2. The first kappa shape index (κ1) is 23.1. The average molecular weight is 557 g/mol. The van der Waals surface area contributed by atoms with E-state index >= 15 is 0 Å². The number of rotatable bonds is 6. The Bertz CT molecular complexity index is 1820. The summed E-state index contributed by atoms with van der Waals surface area (Å²) in [5.74, 6) is 2.18. The Labute approximate surface area is 241 Å². The summed E-state index contributed by atoms with van der Waals surface area (Å²) >= 11 is 3.97. The fraction of sp³-hybridized carbons (Fsp3) is 0.222. The van der Waals surface area contributed by atoms with Crippen molar-refractivity contribution in [3.8, 4) is 33.8 Å². The number of thiophene rings is 2. The quantitative estimate of drug-likeness (QED) is 0.203. The van der Waals surface area contributed by atoms with Gasteiger partial charge in [-0.1, -0.05) is 48.5 Å². The van der Waals surface area contributed by atoms with Gasteiger partial charge in [-0.15, -0.1) is 22.7 Å². The van der Waals surface area contributed by atoms with Crippen molar-refractivity contribution >= 4 is 42.8 Å². The van der Waals surface area contributed by atoms with Gasteiger partial charge < -0.3 is 9.47 Å². The number of benzene rings is 4. The Hall–Kier alpha value is -3.60. The van der Waals surface area contributed by atoms with Crippen LogP contribution in [-0.2, 0) is 38.5 Å². The molecule has 0 unspecified atom stereocenters. The van der Waals surface area contributed by atoms with Crippen LogP contribution in [0.2, 0.25) is 0 Å².